The van der Waals surface area contributed by atoms with Crippen LogP contribution in [0.2, 0.25) is 10.0 Å². The fraction of sp³-hybridized carbons (Fsp3) is 0.200. The molecule has 0 aliphatic rings. The van der Waals surface area contributed by atoms with E-state index >= 15 is 0 Å². The van der Waals surface area contributed by atoms with E-state index in [-0.39, 0.29) is 0 Å². The van der Waals surface area contributed by atoms with Gasteiger partial charge in [-0.15, -0.1) is 0 Å². The molecule has 1 N–H and O–H groups in total. The van der Waals surface area contributed by atoms with E-state index in [2.05, 4.69) is 37.4 Å². The van der Waals surface area contributed by atoms with Gasteiger partial charge in [0.1, 0.15) is 0 Å². The van der Waals surface area contributed by atoms with E-state index in [9.17, 15) is 0 Å². The lowest BCUT2D eigenvalue weighted by Gasteiger charge is -2.09. The maximum atomic E-state index is 5.99. The van der Waals surface area contributed by atoms with Crippen molar-refractivity contribution in [2.75, 3.05) is 5.32 Å². The number of hydrogen-bond donors (Lipinski definition) is 1. The highest BCUT2D eigenvalue weighted by Gasteiger charge is 2.00. The SMILES string of the molecule is Cc1cc(C)cc(NCc2ccc(Cl)c(Cl)c2)c1. The Hall–Kier alpha value is -1.18. The highest BCUT2D eigenvalue weighted by molar-refractivity contribution is 6.42. The number of nitrogens with one attached hydrogen (secondary N) is 1. The first-order chi connectivity index (χ1) is 8.54. The normalized spacial score (nSPS) is 10.4. The molecule has 2 rings (SSSR count). The summed E-state index contributed by atoms with van der Waals surface area (Å²) >= 11 is 11.9. The third kappa shape index (κ3) is 3.41. The van der Waals surface area contributed by atoms with Crippen LogP contribution in [0.15, 0.2) is 36.4 Å². The largest absolute Gasteiger partial charge is 0.381 e. The van der Waals surface area contributed by atoms with Gasteiger partial charge in [-0.3, -0.25) is 0 Å². The molecule has 1 nitrogen and oxygen atoms in total. The molecule has 0 aromatic heterocycles. The van der Waals surface area contributed by atoms with Gasteiger partial charge in [0.15, 0.2) is 0 Å². The van der Waals surface area contributed by atoms with Gasteiger partial charge in [-0.2, -0.15) is 0 Å². The number of hydrogen-bond acceptors (Lipinski definition) is 1. The average molecular weight is 280 g/mol. The molecule has 0 spiro atoms. The van der Waals surface area contributed by atoms with Crippen molar-refractivity contribution in [1.29, 1.82) is 0 Å². The standard InChI is InChI=1S/C15H15Cl2N/c1-10-5-11(2)7-13(6-10)18-9-12-3-4-14(16)15(17)8-12/h3-8,18H,9H2,1-2H3. The molecule has 0 unspecified atom stereocenters. The Bertz CT molecular complexity index is 544. The van der Waals surface area contributed by atoms with Crippen molar-refractivity contribution < 1.29 is 0 Å². The van der Waals surface area contributed by atoms with Crippen LogP contribution in [-0.4, -0.2) is 0 Å². The van der Waals surface area contributed by atoms with Gasteiger partial charge in [0.2, 0.25) is 0 Å². The van der Waals surface area contributed by atoms with Crippen molar-refractivity contribution >= 4 is 28.9 Å². The topological polar surface area (TPSA) is 12.0 Å². The molecular formula is C15H15Cl2N. The summed E-state index contributed by atoms with van der Waals surface area (Å²) in [5.41, 5.74) is 4.75. The van der Waals surface area contributed by atoms with Crippen LogP contribution in [-0.2, 0) is 6.54 Å². The Morgan fingerprint density at radius 1 is 0.889 bits per heavy atom. The zero-order valence-electron chi connectivity index (χ0n) is 10.4. The molecular weight excluding hydrogens is 265 g/mol. The number of aryl methyl sites for hydroxylation is 2. The summed E-state index contributed by atoms with van der Waals surface area (Å²) < 4.78 is 0. The lowest BCUT2D eigenvalue weighted by molar-refractivity contribution is 1.14. The molecule has 2 aromatic rings. The summed E-state index contributed by atoms with van der Waals surface area (Å²) in [4.78, 5) is 0. The Labute approximate surface area is 118 Å². The first-order valence-electron chi connectivity index (χ1n) is 5.81. The van der Waals surface area contributed by atoms with Crippen molar-refractivity contribution in [3.05, 3.63) is 63.1 Å². The minimum Gasteiger partial charge on any atom is -0.381 e. The number of benzene rings is 2. The number of rotatable bonds is 3. The third-order valence-electron chi connectivity index (χ3n) is 2.70. The molecule has 3 heteroatoms. The van der Waals surface area contributed by atoms with Gasteiger partial charge >= 0.3 is 0 Å². The van der Waals surface area contributed by atoms with Crippen LogP contribution in [0.3, 0.4) is 0 Å². The zero-order chi connectivity index (χ0) is 13.1. The Morgan fingerprint density at radius 2 is 1.56 bits per heavy atom. The van der Waals surface area contributed by atoms with Gasteiger partial charge in [-0.1, -0.05) is 35.3 Å². The van der Waals surface area contributed by atoms with Crippen molar-refractivity contribution in [1.82, 2.24) is 0 Å². The van der Waals surface area contributed by atoms with E-state index in [0.29, 0.717) is 10.0 Å². The van der Waals surface area contributed by atoms with Crippen molar-refractivity contribution in [3.8, 4) is 0 Å². The molecule has 94 valence electrons. The smallest absolute Gasteiger partial charge is 0.0595 e. The van der Waals surface area contributed by atoms with Crippen LogP contribution >= 0.6 is 23.2 Å². The molecule has 0 heterocycles. The molecule has 18 heavy (non-hydrogen) atoms. The fourth-order valence-electron chi connectivity index (χ4n) is 1.93. The van der Waals surface area contributed by atoms with Gasteiger partial charge in [0.05, 0.1) is 10.0 Å². The maximum Gasteiger partial charge on any atom is 0.0595 e. The summed E-state index contributed by atoms with van der Waals surface area (Å²) in [6.07, 6.45) is 0. The summed E-state index contributed by atoms with van der Waals surface area (Å²) in [5, 5.41) is 4.57. The predicted octanol–water partition coefficient (Wildman–Crippen LogP) is 5.22. The molecule has 2 aromatic carbocycles. The highest BCUT2D eigenvalue weighted by Crippen LogP contribution is 2.23. The second-order valence-corrected chi connectivity index (χ2v) is 5.29. The van der Waals surface area contributed by atoms with Crippen LogP contribution in [0.5, 0.6) is 0 Å². The molecule has 0 saturated carbocycles. The first kappa shape index (κ1) is 13.3. The van der Waals surface area contributed by atoms with Gasteiger partial charge in [-0.05, 0) is 54.8 Å². The third-order valence-corrected chi connectivity index (χ3v) is 3.44. The zero-order valence-corrected chi connectivity index (χ0v) is 11.9. The van der Waals surface area contributed by atoms with E-state index in [4.69, 9.17) is 23.2 Å². The minimum atomic E-state index is 0.590. The second kappa shape index (κ2) is 5.64. The second-order valence-electron chi connectivity index (χ2n) is 4.48. The number of halogens is 2. The van der Waals surface area contributed by atoms with Crippen LogP contribution < -0.4 is 5.32 Å². The molecule has 0 fully saturated rings. The van der Waals surface area contributed by atoms with Gasteiger partial charge < -0.3 is 5.32 Å². The van der Waals surface area contributed by atoms with Gasteiger partial charge in [-0.25, -0.2) is 0 Å². The lowest BCUT2D eigenvalue weighted by atomic mass is 10.1. The van der Waals surface area contributed by atoms with Gasteiger partial charge in [0, 0.05) is 12.2 Å². The van der Waals surface area contributed by atoms with Crippen molar-refractivity contribution in [3.63, 3.8) is 0 Å². The summed E-state index contributed by atoms with van der Waals surface area (Å²) in [6, 6.07) is 12.1. The van der Waals surface area contributed by atoms with E-state index in [1.54, 1.807) is 0 Å². The average Bonchev–Trinajstić information content (AvgIpc) is 2.29. The van der Waals surface area contributed by atoms with E-state index in [1.165, 1.54) is 11.1 Å². The Balaban J connectivity index is 2.08. The molecule has 0 radical (unpaired) electrons. The molecule has 0 atom stereocenters. The van der Waals surface area contributed by atoms with E-state index in [0.717, 1.165) is 17.8 Å². The summed E-state index contributed by atoms with van der Waals surface area (Å²) in [6.45, 7) is 4.93. The van der Waals surface area contributed by atoms with Crippen LogP contribution in [0.1, 0.15) is 16.7 Å². The van der Waals surface area contributed by atoms with E-state index in [1.807, 2.05) is 18.2 Å². The molecule has 0 amide bonds. The monoisotopic (exact) mass is 279 g/mol. The maximum absolute atomic E-state index is 5.99. The highest BCUT2D eigenvalue weighted by atomic mass is 35.5. The Kier molecular flexibility index (Phi) is 4.15. The summed E-state index contributed by atoms with van der Waals surface area (Å²) in [5.74, 6) is 0. The first-order valence-corrected chi connectivity index (χ1v) is 6.56. The van der Waals surface area contributed by atoms with Crippen molar-refractivity contribution in [2.45, 2.75) is 20.4 Å². The summed E-state index contributed by atoms with van der Waals surface area (Å²) in [7, 11) is 0. The number of anilines is 1. The van der Waals surface area contributed by atoms with Gasteiger partial charge in [0.25, 0.3) is 0 Å². The van der Waals surface area contributed by atoms with Crippen molar-refractivity contribution in [2.24, 2.45) is 0 Å². The van der Waals surface area contributed by atoms with E-state index < -0.39 is 0 Å². The molecule has 0 bridgehead atoms. The molecule has 0 aliphatic heterocycles. The van der Waals surface area contributed by atoms with Crippen LogP contribution in [0, 0.1) is 13.8 Å². The molecule has 0 aliphatic carbocycles. The quantitative estimate of drug-likeness (QED) is 0.812. The minimum absolute atomic E-state index is 0.590. The lowest BCUT2D eigenvalue weighted by Crippen LogP contribution is -2.00. The predicted molar refractivity (Wildman–Crippen MR) is 79.7 cm³/mol. The van der Waals surface area contributed by atoms with Crippen LogP contribution in [0.4, 0.5) is 5.69 Å². The van der Waals surface area contributed by atoms with Crippen LogP contribution in [0.25, 0.3) is 0 Å². The fourth-order valence-corrected chi connectivity index (χ4v) is 2.25. The Morgan fingerprint density at radius 3 is 2.17 bits per heavy atom. The molecule has 0 saturated heterocycles.